The summed E-state index contributed by atoms with van der Waals surface area (Å²) in [5.41, 5.74) is 2.11. The van der Waals surface area contributed by atoms with Gasteiger partial charge in [-0.1, -0.05) is 38.1 Å². The van der Waals surface area contributed by atoms with E-state index < -0.39 is 0 Å². The van der Waals surface area contributed by atoms with Crippen LogP contribution in [-0.4, -0.2) is 40.9 Å². The smallest absolute Gasteiger partial charge is 0.140 e. The Hall–Kier alpha value is -2.83. The molecule has 0 amide bonds. The van der Waals surface area contributed by atoms with Crippen LogP contribution in [0.3, 0.4) is 0 Å². The Morgan fingerprint density at radius 1 is 0.914 bits per heavy atom. The highest BCUT2D eigenvalue weighted by Gasteiger charge is 2.34. The Labute approximate surface area is 211 Å². The SMILES string of the molecule is CC(C)[C@H](COc1ccc([C@@H]2Oc3ccc(O)cc3S[C@@H]2c2ccc(O)cc2)cc1)N1CCCC1. The quantitative estimate of drug-likeness (QED) is 0.390. The van der Waals surface area contributed by atoms with Gasteiger partial charge >= 0.3 is 0 Å². The highest BCUT2D eigenvalue weighted by molar-refractivity contribution is 7.99. The topological polar surface area (TPSA) is 62.2 Å². The fraction of sp³-hybridized carbons (Fsp3) is 0.379. The first-order valence-electron chi connectivity index (χ1n) is 12.4. The van der Waals surface area contributed by atoms with Gasteiger partial charge in [-0.05, 0) is 85.4 Å². The molecule has 0 radical (unpaired) electrons. The van der Waals surface area contributed by atoms with Gasteiger partial charge in [-0.2, -0.15) is 0 Å². The van der Waals surface area contributed by atoms with Crippen molar-refractivity contribution in [2.24, 2.45) is 5.92 Å². The van der Waals surface area contributed by atoms with Crippen LogP contribution >= 0.6 is 11.8 Å². The van der Waals surface area contributed by atoms with Gasteiger partial charge in [-0.25, -0.2) is 0 Å². The van der Waals surface area contributed by atoms with Gasteiger partial charge in [0.25, 0.3) is 0 Å². The zero-order chi connectivity index (χ0) is 24.4. The third-order valence-electron chi connectivity index (χ3n) is 6.94. The first-order valence-corrected chi connectivity index (χ1v) is 13.3. The van der Waals surface area contributed by atoms with E-state index >= 15 is 0 Å². The summed E-state index contributed by atoms with van der Waals surface area (Å²) in [6, 6.07) is 21.1. The Bertz CT molecular complexity index is 1130. The molecule has 35 heavy (non-hydrogen) atoms. The molecule has 184 valence electrons. The van der Waals surface area contributed by atoms with Gasteiger partial charge in [-0.3, -0.25) is 4.90 Å². The second-order valence-corrected chi connectivity index (χ2v) is 10.9. The Morgan fingerprint density at radius 2 is 1.57 bits per heavy atom. The van der Waals surface area contributed by atoms with Crippen LogP contribution in [0.5, 0.6) is 23.0 Å². The lowest BCUT2D eigenvalue weighted by atomic mass is 10.00. The van der Waals surface area contributed by atoms with Crippen molar-refractivity contribution in [1.82, 2.24) is 4.90 Å². The first-order chi connectivity index (χ1) is 17.0. The molecule has 5 rings (SSSR count). The molecule has 2 aliphatic rings. The molecule has 6 heteroatoms. The Kier molecular flexibility index (Phi) is 7.12. The zero-order valence-corrected chi connectivity index (χ0v) is 21.1. The van der Waals surface area contributed by atoms with Gasteiger partial charge < -0.3 is 19.7 Å². The molecule has 5 nitrogen and oxygen atoms in total. The molecule has 3 aromatic rings. The summed E-state index contributed by atoms with van der Waals surface area (Å²) in [5, 5.41) is 19.7. The summed E-state index contributed by atoms with van der Waals surface area (Å²) in [6.07, 6.45) is 2.34. The van der Waals surface area contributed by atoms with Crippen molar-refractivity contribution in [2.45, 2.75) is 49.0 Å². The summed E-state index contributed by atoms with van der Waals surface area (Å²) in [7, 11) is 0. The zero-order valence-electron chi connectivity index (χ0n) is 20.3. The Balaban J connectivity index is 1.35. The van der Waals surface area contributed by atoms with Gasteiger partial charge in [0.2, 0.25) is 0 Å². The summed E-state index contributed by atoms with van der Waals surface area (Å²) in [6.45, 7) is 7.57. The number of thioether (sulfide) groups is 1. The van der Waals surface area contributed by atoms with Crippen molar-refractivity contribution in [3.63, 3.8) is 0 Å². The number of benzene rings is 3. The maximum Gasteiger partial charge on any atom is 0.140 e. The molecular formula is C29H33NO4S. The van der Waals surface area contributed by atoms with Crippen LogP contribution in [-0.2, 0) is 0 Å². The number of rotatable bonds is 7. The van der Waals surface area contributed by atoms with E-state index in [1.54, 1.807) is 36.0 Å². The van der Waals surface area contributed by atoms with E-state index in [1.807, 2.05) is 30.3 Å². The van der Waals surface area contributed by atoms with Gasteiger partial charge in [0.15, 0.2) is 0 Å². The number of aromatic hydroxyl groups is 2. The fourth-order valence-corrected chi connectivity index (χ4v) is 6.29. The second-order valence-electron chi connectivity index (χ2n) is 9.73. The molecule has 2 N–H and O–H groups in total. The molecule has 0 unspecified atom stereocenters. The highest BCUT2D eigenvalue weighted by Crippen LogP contribution is 2.54. The second kappa shape index (κ2) is 10.4. The van der Waals surface area contributed by atoms with Crippen LogP contribution in [0.4, 0.5) is 0 Å². The van der Waals surface area contributed by atoms with Crippen LogP contribution in [0.2, 0.25) is 0 Å². The van der Waals surface area contributed by atoms with Gasteiger partial charge in [-0.15, -0.1) is 11.8 Å². The third kappa shape index (κ3) is 5.39. The number of phenolic OH excluding ortho intramolecular Hbond substituents is 2. The number of fused-ring (bicyclic) bond motifs is 1. The number of hydrogen-bond donors (Lipinski definition) is 2. The molecule has 2 heterocycles. The van der Waals surface area contributed by atoms with Crippen molar-refractivity contribution in [3.05, 3.63) is 77.9 Å². The lowest BCUT2D eigenvalue weighted by Crippen LogP contribution is -2.41. The molecule has 0 saturated carbocycles. The minimum atomic E-state index is -0.219. The average molecular weight is 492 g/mol. The van der Waals surface area contributed by atoms with Crippen molar-refractivity contribution in [2.75, 3.05) is 19.7 Å². The first kappa shape index (κ1) is 23.9. The maximum atomic E-state index is 9.97. The van der Waals surface area contributed by atoms with Crippen LogP contribution in [0.25, 0.3) is 0 Å². The molecule has 1 fully saturated rings. The molecule has 0 aliphatic carbocycles. The lowest BCUT2D eigenvalue weighted by Gasteiger charge is -2.34. The van der Waals surface area contributed by atoms with Crippen molar-refractivity contribution in [3.8, 4) is 23.0 Å². The van der Waals surface area contributed by atoms with E-state index in [-0.39, 0.29) is 22.9 Å². The number of likely N-dealkylation sites (tertiary alicyclic amines) is 1. The summed E-state index contributed by atoms with van der Waals surface area (Å²) < 4.78 is 12.7. The van der Waals surface area contributed by atoms with E-state index in [0.717, 1.165) is 27.5 Å². The molecule has 0 bridgehead atoms. The number of ether oxygens (including phenoxy) is 2. The number of hydrogen-bond acceptors (Lipinski definition) is 6. The highest BCUT2D eigenvalue weighted by atomic mass is 32.2. The minimum Gasteiger partial charge on any atom is -0.508 e. The number of phenols is 2. The van der Waals surface area contributed by atoms with Crippen molar-refractivity contribution >= 4 is 11.8 Å². The maximum absolute atomic E-state index is 9.97. The van der Waals surface area contributed by atoms with E-state index in [1.165, 1.54) is 25.9 Å². The van der Waals surface area contributed by atoms with E-state index in [4.69, 9.17) is 9.47 Å². The fourth-order valence-electron chi connectivity index (χ4n) is 4.96. The summed E-state index contributed by atoms with van der Waals surface area (Å²) in [5.74, 6) is 2.64. The third-order valence-corrected chi connectivity index (χ3v) is 8.29. The van der Waals surface area contributed by atoms with Crippen LogP contribution in [0.15, 0.2) is 71.6 Å². The lowest BCUT2D eigenvalue weighted by molar-refractivity contribution is 0.123. The molecule has 0 aromatic heterocycles. The molecule has 2 aliphatic heterocycles. The predicted octanol–water partition coefficient (Wildman–Crippen LogP) is 6.56. The normalized spacial score (nSPS) is 20.9. The van der Waals surface area contributed by atoms with Gasteiger partial charge in [0, 0.05) is 6.04 Å². The summed E-state index contributed by atoms with van der Waals surface area (Å²) >= 11 is 1.67. The van der Waals surface area contributed by atoms with Crippen LogP contribution in [0.1, 0.15) is 49.2 Å². The Morgan fingerprint density at radius 3 is 2.26 bits per heavy atom. The van der Waals surface area contributed by atoms with Gasteiger partial charge in [0.1, 0.15) is 35.7 Å². The molecule has 3 aromatic carbocycles. The van der Waals surface area contributed by atoms with Crippen LogP contribution in [0, 0.1) is 5.92 Å². The molecular weight excluding hydrogens is 458 g/mol. The predicted molar refractivity (Wildman–Crippen MR) is 140 cm³/mol. The van der Waals surface area contributed by atoms with E-state index in [0.29, 0.717) is 18.6 Å². The molecule has 1 saturated heterocycles. The van der Waals surface area contributed by atoms with Gasteiger partial charge in [0.05, 0.1) is 10.1 Å². The summed E-state index contributed by atoms with van der Waals surface area (Å²) in [4.78, 5) is 3.46. The minimum absolute atomic E-state index is 0.0304. The number of nitrogens with zero attached hydrogens (tertiary/aromatic N) is 1. The van der Waals surface area contributed by atoms with Crippen LogP contribution < -0.4 is 9.47 Å². The average Bonchev–Trinajstić information content (AvgIpc) is 3.39. The standard InChI is InChI=1S/C29H33NO4S/c1-19(2)25(30-15-3-4-16-30)18-33-24-12-7-20(8-13-24)28-29(21-5-9-22(31)10-6-21)35-27-17-23(32)11-14-26(27)34-28/h5-14,17,19,25,28-29,31-32H,3-4,15-16,18H2,1-2H3/t25-,28-,29+/m0/s1. The largest absolute Gasteiger partial charge is 0.508 e. The van der Waals surface area contributed by atoms with E-state index in [9.17, 15) is 10.2 Å². The molecule has 0 spiro atoms. The molecule has 3 atom stereocenters. The monoisotopic (exact) mass is 491 g/mol. The van der Waals surface area contributed by atoms with Crippen molar-refractivity contribution in [1.29, 1.82) is 0 Å². The van der Waals surface area contributed by atoms with E-state index in [2.05, 4.69) is 30.9 Å². The van der Waals surface area contributed by atoms with Crippen molar-refractivity contribution < 1.29 is 19.7 Å².